The number of hydrogen-bond donors (Lipinski definition) is 2. The number of nitrogens with zero attached hydrogens (tertiary/aromatic N) is 2. The smallest absolute Gasteiger partial charge is 0.231 e. The fourth-order valence-electron chi connectivity index (χ4n) is 1.06. The van der Waals surface area contributed by atoms with Crippen molar-refractivity contribution in [2.45, 2.75) is 23.2 Å². The molecule has 1 heterocycles. The van der Waals surface area contributed by atoms with Crippen molar-refractivity contribution in [1.29, 1.82) is 0 Å². The van der Waals surface area contributed by atoms with Gasteiger partial charge in [0.25, 0.3) is 0 Å². The minimum atomic E-state index is -0.0835. The molecule has 0 atom stereocenters. The molecule has 1 amide bonds. The first-order valence-electron chi connectivity index (χ1n) is 5.21. The van der Waals surface area contributed by atoms with Gasteiger partial charge in [-0.1, -0.05) is 29.0 Å². The Morgan fingerprint density at radius 1 is 1.59 bits per heavy atom. The third kappa shape index (κ3) is 4.24. The number of anilines is 1. The van der Waals surface area contributed by atoms with E-state index in [1.165, 1.54) is 35.9 Å². The number of nitrogens with one attached hydrogen (secondary N) is 2. The van der Waals surface area contributed by atoms with Gasteiger partial charge in [0.1, 0.15) is 0 Å². The zero-order valence-corrected chi connectivity index (χ0v) is 10.7. The molecular formula is C10H12N4OS2. The van der Waals surface area contributed by atoms with Crippen LogP contribution in [0.25, 0.3) is 0 Å². The molecule has 0 aliphatic heterocycles. The predicted octanol–water partition coefficient (Wildman–Crippen LogP) is 0.954. The van der Waals surface area contributed by atoms with Gasteiger partial charge in [0, 0.05) is 6.04 Å². The van der Waals surface area contributed by atoms with Crippen molar-refractivity contribution in [2.24, 2.45) is 0 Å². The van der Waals surface area contributed by atoms with Gasteiger partial charge in [-0.05, 0) is 12.8 Å². The van der Waals surface area contributed by atoms with E-state index in [9.17, 15) is 4.79 Å². The molecule has 0 aromatic carbocycles. The maximum atomic E-state index is 11.3. The predicted molar refractivity (Wildman–Crippen MR) is 69.1 cm³/mol. The highest BCUT2D eigenvalue weighted by molar-refractivity contribution is 8.01. The lowest BCUT2D eigenvalue weighted by molar-refractivity contribution is -0.118. The van der Waals surface area contributed by atoms with Gasteiger partial charge < -0.3 is 10.6 Å². The first-order chi connectivity index (χ1) is 8.28. The molecule has 7 heteroatoms. The van der Waals surface area contributed by atoms with E-state index in [2.05, 4.69) is 26.8 Å². The Labute approximate surface area is 108 Å². The fourth-order valence-corrected chi connectivity index (χ4v) is 2.72. The summed E-state index contributed by atoms with van der Waals surface area (Å²) < 4.78 is 0.795. The van der Waals surface area contributed by atoms with Crippen LogP contribution in [0.15, 0.2) is 4.34 Å². The monoisotopic (exact) mass is 268 g/mol. The minimum Gasteiger partial charge on any atom is -0.357 e. The highest BCUT2D eigenvalue weighted by Crippen LogP contribution is 2.29. The van der Waals surface area contributed by atoms with Gasteiger partial charge in [-0.3, -0.25) is 4.79 Å². The van der Waals surface area contributed by atoms with Crippen LogP contribution in [0.2, 0.25) is 0 Å². The first-order valence-corrected chi connectivity index (χ1v) is 7.01. The second-order valence-electron chi connectivity index (χ2n) is 3.56. The Morgan fingerprint density at radius 3 is 3.12 bits per heavy atom. The minimum absolute atomic E-state index is 0.0835. The van der Waals surface area contributed by atoms with Gasteiger partial charge >= 0.3 is 0 Å². The molecule has 5 nitrogen and oxygen atoms in total. The molecule has 2 rings (SSSR count). The van der Waals surface area contributed by atoms with Crippen molar-refractivity contribution in [3.05, 3.63) is 0 Å². The molecule has 0 spiro atoms. The van der Waals surface area contributed by atoms with Gasteiger partial charge in [0.15, 0.2) is 4.34 Å². The average Bonchev–Trinajstić information content (AvgIpc) is 3.02. The van der Waals surface area contributed by atoms with E-state index in [4.69, 9.17) is 6.42 Å². The Bertz CT molecular complexity index is 436. The molecule has 1 aromatic rings. The van der Waals surface area contributed by atoms with Crippen molar-refractivity contribution in [3.63, 3.8) is 0 Å². The number of terminal acetylenes is 1. The van der Waals surface area contributed by atoms with Crippen molar-refractivity contribution >= 4 is 34.1 Å². The lowest BCUT2D eigenvalue weighted by Gasteiger charge is -1.98. The SMILES string of the molecule is C#CCNC(=O)CSc1nnc(NC2CC2)s1. The number of rotatable bonds is 6. The van der Waals surface area contributed by atoms with Crippen molar-refractivity contribution in [1.82, 2.24) is 15.5 Å². The molecule has 1 aromatic heterocycles. The average molecular weight is 268 g/mol. The van der Waals surface area contributed by atoms with E-state index in [0.29, 0.717) is 11.8 Å². The lowest BCUT2D eigenvalue weighted by Crippen LogP contribution is -2.25. The summed E-state index contributed by atoms with van der Waals surface area (Å²) in [6, 6.07) is 0.569. The summed E-state index contributed by atoms with van der Waals surface area (Å²) in [6.45, 7) is 0.268. The van der Waals surface area contributed by atoms with E-state index in [0.717, 1.165) is 9.47 Å². The van der Waals surface area contributed by atoms with Crippen LogP contribution in [-0.2, 0) is 4.79 Å². The number of thioether (sulfide) groups is 1. The van der Waals surface area contributed by atoms with Crippen LogP contribution in [0, 0.1) is 12.3 Å². The molecule has 1 aliphatic rings. The maximum absolute atomic E-state index is 11.3. The van der Waals surface area contributed by atoms with E-state index in [-0.39, 0.29) is 12.5 Å². The number of hydrogen-bond acceptors (Lipinski definition) is 6. The van der Waals surface area contributed by atoms with E-state index >= 15 is 0 Å². The number of amides is 1. The zero-order chi connectivity index (χ0) is 12.1. The first kappa shape index (κ1) is 12.2. The maximum Gasteiger partial charge on any atom is 0.231 e. The summed E-state index contributed by atoms with van der Waals surface area (Å²) in [5.41, 5.74) is 0. The molecule has 1 fully saturated rings. The van der Waals surface area contributed by atoms with Crippen molar-refractivity contribution < 1.29 is 4.79 Å². The van der Waals surface area contributed by atoms with E-state index in [1.54, 1.807) is 0 Å². The van der Waals surface area contributed by atoms with Gasteiger partial charge in [-0.2, -0.15) is 0 Å². The summed E-state index contributed by atoms with van der Waals surface area (Å²) in [5.74, 6) is 2.59. The number of carbonyl (C=O) groups is 1. The zero-order valence-electron chi connectivity index (χ0n) is 9.10. The summed E-state index contributed by atoms with van der Waals surface area (Å²) in [6.07, 6.45) is 7.45. The molecule has 2 N–H and O–H groups in total. The van der Waals surface area contributed by atoms with Crippen LogP contribution < -0.4 is 10.6 Å². The summed E-state index contributed by atoms with van der Waals surface area (Å²) in [5, 5.41) is 14.7. The van der Waals surface area contributed by atoms with Crippen LogP contribution >= 0.6 is 23.1 Å². The normalized spacial score (nSPS) is 14.1. The molecule has 0 unspecified atom stereocenters. The largest absolute Gasteiger partial charge is 0.357 e. The Morgan fingerprint density at radius 2 is 2.41 bits per heavy atom. The summed E-state index contributed by atoms with van der Waals surface area (Å²) in [7, 11) is 0. The molecule has 0 bridgehead atoms. The van der Waals surface area contributed by atoms with E-state index in [1.807, 2.05) is 0 Å². The molecular weight excluding hydrogens is 256 g/mol. The van der Waals surface area contributed by atoms with Gasteiger partial charge in [0.2, 0.25) is 11.0 Å². The standard InChI is InChI=1S/C10H12N4OS2/c1-2-5-11-8(15)6-16-10-14-13-9(17-10)12-7-3-4-7/h1,7H,3-6H2,(H,11,15)(H,12,13). The van der Waals surface area contributed by atoms with Gasteiger partial charge in [-0.25, -0.2) is 0 Å². The van der Waals surface area contributed by atoms with Crippen LogP contribution in [0.4, 0.5) is 5.13 Å². The van der Waals surface area contributed by atoms with E-state index < -0.39 is 0 Å². The third-order valence-electron chi connectivity index (χ3n) is 2.03. The fraction of sp³-hybridized carbons (Fsp3) is 0.500. The van der Waals surface area contributed by atoms with Crippen molar-refractivity contribution in [2.75, 3.05) is 17.6 Å². The Hall–Kier alpha value is -1.26. The molecule has 1 aliphatic carbocycles. The molecule has 1 saturated carbocycles. The number of carbonyl (C=O) groups excluding carboxylic acids is 1. The molecule has 17 heavy (non-hydrogen) atoms. The van der Waals surface area contributed by atoms with Crippen LogP contribution in [-0.4, -0.2) is 34.4 Å². The van der Waals surface area contributed by atoms with Crippen LogP contribution in [0.3, 0.4) is 0 Å². The Kier molecular flexibility index (Phi) is 4.23. The van der Waals surface area contributed by atoms with Crippen LogP contribution in [0.1, 0.15) is 12.8 Å². The third-order valence-corrected chi connectivity index (χ3v) is 4.01. The van der Waals surface area contributed by atoms with Gasteiger partial charge in [0.05, 0.1) is 12.3 Å². The topological polar surface area (TPSA) is 66.9 Å². The molecule has 0 saturated heterocycles. The van der Waals surface area contributed by atoms with Gasteiger partial charge in [-0.15, -0.1) is 16.6 Å². The summed E-state index contributed by atoms with van der Waals surface area (Å²) in [4.78, 5) is 11.3. The highest BCUT2D eigenvalue weighted by atomic mass is 32.2. The second kappa shape index (κ2) is 5.89. The second-order valence-corrected chi connectivity index (χ2v) is 5.76. The number of aromatic nitrogens is 2. The quantitative estimate of drug-likeness (QED) is 0.594. The summed E-state index contributed by atoms with van der Waals surface area (Å²) >= 11 is 2.85. The Balaban J connectivity index is 1.72. The highest BCUT2D eigenvalue weighted by Gasteiger charge is 2.22. The van der Waals surface area contributed by atoms with Crippen LogP contribution in [0.5, 0.6) is 0 Å². The molecule has 90 valence electrons. The van der Waals surface area contributed by atoms with Crippen molar-refractivity contribution in [3.8, 4) is 12.3 Å². The molecule has 0 radical (unpaired) electrons. The lowest BCUT2D eigenvalue weighted by atomic mass is 10.6.